The quantitative estimate of drug-likeness (QED) is 0.431. The third-order valence-electron chi connectivity index (χ3n) is 3.51. The molecule has 28 heavy (non-hydrogen) atoms. The smallest absolute Gasteiger partial charge is 0.408 e. The van der Waals surface area contributed by atoms with Crippen molar-refractivity contribution in [3.05, 3.63) is 35.4 Å². The van der Waals surface area contributed by atoms with Crippen LogP contribution in [0.3, 0.4) is 0 Å². The number of nitrogens with one attached hydrogen (secondary N) is 1. The molecular weight excluding hydrogens is 366 g/mol. The van der Waals surface area contributed by atoms with E-state index in [-0.39, 0.29) is 6.42 Å². The molecule has 0 fully saturated rings. The van der Waals surface area contributed by atoms with Crippen LogP contribution in [0.15, 0.2) is 24.3 Å². The first kappa shape index (κ1) is 23.0. The molecule has 0 aromatic heterocycles. The van der Waals surface area contributed by atoms with Crippen LogP contribution >= 0.6 is 0 Å². The minimum Gasteiger partial charge on any atom is -0.496 e. The van der Waals surface area contributed by atoms with E-state index in [1.807, 2.05) is 0 Å². The number of hydrogen-bond donors (Lipinski definition) is 1. The Balaban J connectivity index is 3.05. The predicted octanol–water partition coefficient (Wildman–Crippen LogP) is 2.49. The SMILES string of the molecule is COC(=O)C=Cc1cc(C[C@H](NC(=O)OC(C)(C)C)C(=O)OC)ccc1OC. The summed E-state index contributed by atoms with van der Waals surface area (Å²) in [7, 11) is 4.03. The van der Waals surface area contributed by atoms with Crippen LogP contribution in [-0.4, -0.2) is 51.0 Å². The average molecular weight is 393 g/mol. The van der Waals surface area contributed by atoms with Crippen LogP contribution < -0.4 is 10.1 Å². The lowest BCUT2D eigenvalue weighted by molar-refractivity contribution is -0.143. The zero-order chi connectivity index (χ0) is 21.3. The molecule has 0 saturated carbocycles. The minimum absolute atomic E-state index is 0.162. The van der Waals surface area contributed by atoms with Crippen LogP contribution in [0, 0.1) is 0 Å². The van der Waals surface area contributed by atoms with Gasteiger partial charge >= 0.3 is 18.0 Å². The van der Waals surface area contributed by atoms with Gasteiger partial charge in [0.25, 0.3) is 0 Å². The Bertz CT molecular complexity index is 735. The molecule has 1 N–H and O–H groups in total. The van der Waals surface area contributed by atoms with Gasteiger partial charge in [0.2, 0.25) is 0 Å². The molecule has 8 heteroatoms. The maximum atomic E-state index is 12.1. The summed E-state index contributed by atoms with van der Waals surface area (Å²) in [6, 6.07) is 4.26. The highest BCUT2D eigenvalue weighted by molar-refractivity contribution is 5.87. The van der Waals surface area contributed by atoms with Crippen LogP contribution in [0.2, 0.25) is 0 Å². The van der Waals surface area contributed by atoms with E-state index in [9.17, 15) is 14.4 Å². The summed E-state index contributed by atoms with van der Waals surface area (Å²) in [6.07, 6.45) is 2.25. The zero-order valence-corrected chi connectivity index (χ0v) is 17.0. The molecule has 1 rings (SSSR count). The fourth-order valence-corrected chi connectivity index (χ4v) is 2.29. The molecule has 0 heterocycles. The van der Waals surface area contributed by atoms with Crippen LogP contribution in [0.25, 0.3) is 6.08 Å². The third-order valence-corrected chi connectivity index (χ3v) is 3.51. The topological polar surface area (TPSA) is 100 Å². The molecule has 8 nitrogen and oxygen atoms in total. The first-order valence-electron chi connectivity index (χ1n) is 8.60. The second-order valence-electron chi connectivity index (χ2n) is 6.86. The normalized spacial score (nSPS) is 12.2. The number of ether oxygens (including phenoxy) is 4. The fourth-order valence-electron chi connectivity index (χ4n) is 2.29. The van der Waals surface area contributed by atoms with Crippen molar-refractivity contribution in [1.29, 1.82) is 0 Å². The van der Waals surface area contributed by atoms with E-state index in [1.54, 1.807) is 45.0 Å². The van der Waals surface area contributed by atoms with Crippen molar-refractivity contribution in [2.24, 2.45) is 0 Å². The van der Waals surface area contributed by atoms with Gasteiger partial charge in [-0.15, -0.1) is 0 Å². The van der Waals surface area contributed by atoms with Gasteiger partial charge in [0.15, 0.2) is 0 Å². The van der Waals surface area contributed by atoms with E-state index >= 15 is 0 Å². The predicted molar refractivity (Wildman–Crippen MR) is 103 cm³/mol. The number of alkyl carbamates (subject to hydrolysis) is 1. The first-order valence-corrected chi connectivity index (χ1v) is 8.60. The van der Waals surface area contributed by atoms with Crippen molar-refractivity contribution < 1.29 is 33.3 Å². The lowest BCUT2D eigenvalue weighted by Gasteiger charge is -2.22. The largest absolute Gasteiger partial charge is 0.496 e. The lowest BCUT2D eigenvalue weighted by atomic mass is 10.0. The monoisotopic (exact) mass is 393 g/mol. The molecule has 0 spiro atoms. The number of rotatable bonds is 7. The number of benzene rings is 1. The van der Waals surface area contributed by atoms with Gasteiger partial charge in [0.1, 0.15) is 17.4 Å². The van der Waals surface area contributed by atoms with Crippen molar-refractivity contribution >= 4 is 24.1 Å². The van der Waals surface area contributed by atoms with Gasteiger partial charge in [-0.1, -0.05) is 6.07 Å². The number of amides is 1. The summed E-state index contributed by atoms with van der Waals surface area (Å²) in [5.74, 6) is -0.571. The molecule has 1 aromatic rings. The number of esters is 2. The molecule has 0 aliphatic heterocycles. The molecule has 0 saturated heterocycles. The zero-order valence-electron chi connectivity index (χ0n) is 17.0. The minimum atomic E-state index is -0.939. The van der Waals surface area contributed by atoms with E-state index in [0.717, 1.165) is 5.56 Å². The summed E-state index contributed by atoms with van der Waals surface area (Å²) in [5, 5.41) is 2.52. The molecule has 0 bridgehead atoms. The van der Waals surface area contributed by atoms with Gasteiger partial charge in [0.05, 0.1) is 21.3 Å². The van der Waals surface area contributed by atoms with E-state index in [0.29, 0.717) is 11.3 Å². The second kappa shape index (κ2) is 10.3. The highest BCUT2D eigenvalue weighted by Gasteiger charge is 2.25. The van der Waals surface area contributed by atoms with Crippen LogP contribution in [0.5, 0.6) is 5.75 Å². The summed E-state index contributed by atoms with van der Waals surface area (Å²) in [4.78, 5) is 35.5. The molecule has 0 radical (unpaired) electrons. The van der Waals surface area contributed by atoms with Gasteiger partial charge < -0.3 is 24.3 Å². The van der Waals surface area contributed by atoms with Crippen molar-refractivity contribution in [1.82, 2.24) is 5.32 Å². The number of carbonyl (C=O) groups excluding carboxylic acids is 3. The Labute approximate surface area is 164 Å². The van der Waals surface area contributed by atoms with E-state index in [2.05, 4.69) is 10.1 Å². The Morgan fingerprint density at radius 3 is 2.32 bits per heavy atom. The second-order valence-corrected chi connectivity index (χ2v) is 6.86. The number of hydrogen-bond acceptors (Lipinski definition) is 7. The van der Waals surface area contributed by atoms with Gasteiger partial charge in [0, 0.05) is 18.1 Å². The molecule has 1 atom stereocenters. The molecule has 1 aromatic carbocycles. The molecule has 0 aliphatic rings. The summed E-state index contributed by atoms with van der Waals surface area (Å²) < 4.78 is 19.8. The van der Waals surface area contributed by atoms with Crippen molar-refractivity contribution in [2.45, 2.75) is 38.8 Å². The third kappa shape index (κ3) is 7.69. The summed E-state index contributed by atoms with van der Waals surface area (Å²) in [6.45, 7) is 5.18. The number of carbonyl (C=O) groups is 3. The Morgan fingerprint density at radius 2 is 1.79 bits per heavy atom. The van der Waals surface area contributed by atoms with Gasteiger partial charge in [-0.05, 0) is 44.5 Å². The van der Waals surface area contributed by atoms with Gasteiger partial charge in [-0.25, -0.2) is 14.4 Å². The van der Waals surface area contributed by atoms with Gasteiger partial charge in [-0.3, -0.25) is 0 Å². The standard InChI is InChI=1S/C20H27NO7/c1-20(2,3)28-19(24)21-15(18(23)27-6)12-13-7-9-16(25-4)14(11-13)8-10-17(22)26-5/h7-11,15H,12H2,1-6H3,(H,21,24)/t15-/m0/s1. The maximum absolute atomic E-state index is 12.1. The van der Waals surface area contributed by atoms with Crippen LogP contribution in [0.4, 0.5) is 4.79 Å². The van der Waals surface area contributed by atoms with Crippen molar-refractivity contribution in [2.75, 3.05) is 21.3 Å². The van der Waals surface area contributed by atoms with E-state index in [4.69, 9.17) is 14.2 Å². The Kier molecular flexibility index (Phi) is 8.50. The summed E-state index contributed by atoms with van der Waals surface area (Å²) in [5.41, 5.74) is 0.638. The van der Waals surface area contributed by atoms with Crippen molar-refractivity contribution in [3.63, 3.8) is 0 Å². The highest BCUT2D eigenvalue weighted by atomic mass is 16.6. The van der Waals surface area contributed by atoms with Crippen LogP contribution in [-0.2, 0) is 30.2 Å². The molecule has 0 aliphatic carbocycles. The highest BCUT2D eigenvalue weighted by Crippen LogP contribution is 2.22. The lowest BCUT2D eigenvalue weighted by Crippen LogP contribution is -2.45. The van der Waals surface area contributed by atoms with E-state index < -0.39 is 29.7 Å². The average Bonchev–Trinajstić information content (AvgIpc) is 2.63. The molecular formula is C20H27NO7. The molecule has 0 unspecified atom stereocenters. The van der Waals surface area contributed by atoms with E-state index in [1.165, 1.54) is 27.4 Å². The summed E-state index contributed by atoms with van der Waals surface area (Å²) >= 11 is 0. The molecule has 1 amide bonds. The Morgan fingerprint density at radius 1 is 1.11 bits per heavy atom. The van der Waals surface area contributed by atoms with Gasteiger partial charge in [-0.2, -0.15) is 0 Å². The Hall–Kier alpha value is -3.03. The fraction of sp³-hybridized carbons (Fsp3) is 0.450. The number of methoxy groups -OCH3 is 3. The molecule has 154 valence electrons. The first-order chi connectivity index (χ1) is 13.1. The maximum Gasteiger partial charge on any atom is 0.408 e. The van der Waals surface area contributed by atoms with Crippen molar-refractivity contribution in [3.8, 4) is 5.75 Å². The van der Waals surface area contributed by atoms with Crippen LogP contribution in [0.1, 0.15) is 31.9 Å².